The molecule has 0 saturated heterocycles. The van der Waals surface area contributed by atoms with Crippen LogP contribution in [0.25, 0.3) is 10.9 Å². The van der Waals surface area contributed by atoms with E-state index in [1.165, 1.54) is 10.1 Å². The summed E-state index contributed by atoms with van der Waals surface area (Å²) in [6, 6.07) is 11.3. The van der Waals surface area contributed by atoms with Gasteiger partial charge >= 0.3 is 0 Å². The molecule has 0 aliphatic rings. The minimum absolute atomic E-state index is 0.111. The second-order valence-electron chi connectivity index (χ2n) is 7.58. The molecule has 0 saturated carbocycles. The lowest BCUT2D eigenvalue weighted by Gasteiger charge is -2.19. The summed E-state index contributed by atoms with van der Waals surface area (Å²) < 4.78 is 6.93. The lowest BCUT2D eigenvalue weighted by Crippen LogP contribution is -2.27. The molecule has 7 heteroatoms. The third kappa shape index (κ3) is 4.68. The minimum atomic E-state index is -0.160. The van der Waals surface area contributed by atoms with E-state index in [0.717, 1.165) is 11.1 Å². The van der Waals surface area contributed by atoms with Crippen molar-refractivity contribution < 1.29 is 9.53 Å². The van der Waals surface area contributed by atoms with E-state index in [-0.39, 0.29) is 11.5 Å². The molecule has 0 bridgehead atoms. The molecule has 0 aliphatic carbocycles. The molecule has 1 amide bonds. The number of rotatable bonds is 7. The van der Waals surface area contributed by atoms with Gasteiger partial charge in [-0.15, -0.1) is 0 Å². The van der Waals surface area contributed by atoms with Gasteiger partial charge in [-0.2, -0.15) is 0 Å². The number of H-pyrrole nitrogens is 1. The molecule has 0 aliphatic heterocycles. The number of aromatic nitrogens is 2. The number of carbonyl (C=O) groups excluding carboxylic acids is 1. The first kappa shape index (κ1) is 21.9. The standard InChI is InChI=1S/C23H27N3O3S/c1-15-6-7-18(16(2)12-15)14-25(3)21(27)17-8-9-19-20(13-17)24-23(30)26(22(19)28)10-5-11-29-4/h6-9,12-13H,5,10-11,14H2,1-4H3,(H,24,30). The predicted octanol–water partition coefficient (Wildman–Crippen LogP) is 3.98. The van der Waals surface area contributed by atoms with Crippen molar-refractivity contribution in [1.82, 2.24) is 14.5 Å². The van der Waals surface area contributed by atoms with E-state index >= 15 is 0 Å². The fraction of sp³-hybridized carbons (Fsp3) is 0.348. The molecule has 0 fully saturated rings. The van der Waals surface area contributed by atoms with Gasteiger partial charge in [-0.05, 0) is 61.8 Å². The molecule has 1 N–H and O–H groups in total. The van der Waals surface area contributed by atoms with Gasteiger partial charge in [0.15, 0.2) is 4.77 Å². The molecule has 0 radical (unpaired) electrons. The highest BCUT2D eigenvalue weighted by Crippen LogP contribution is 2.16. The molecule has 0 unspecified atom stereocenters. The molecular formula is C23H27N3O3S. The summed E-state index contributed by atoms with van der Waals surface area (Å²) >= 11 is 5.36. The van der Waals surface area contributed by atoms with Crippen molar-refractivity contribution in [1.29, 1.82) is 0 Å². The third-order valence-corrected chi connectivity index (χ3v) is 5.53. The summed E-state index contributed by atoms with van der Waals surface area (Å²) in [5.74, 6) is -0.111. The predicted molar refractivity (Wildman–Crippen MR) is 122 cm³/mol. The quantitative estimate of drug-likeness (QED) is 0.459. The fourth-order valence-corrected chi connectivity index (χ4v) is 3.81. The number of ether oxygens (including phenoxy) is 1. The van der Waals surface area contributed by atoms with Crippen LogP contribution in [0, 0.1) is 18.6 Å². The summed E-state index contributed by atoms with van der Waals surface area (Å²) in [4.78, 5) is 30.5. The van der Waals surface area contributed by atoms with Crippen LogP contribution in [0.15, 0.2) is 41.2 Å². The number of amides is 1. The molecule has 2 aromatic carbocycles. The van der Waals surface area contributed by atoms with Crippen LogP contribution >= 0.6 is 12.2 Å². The van der Waals surface area contributed by atoms with Crippen LogP contribution in [-0.2, 0) is 17.8 Å². The number of carbonyl (C=O) groups is 1. The Morgan fingerprint density at radius 2 is 1.97 bits per heavy atom. The third-order valence-electron chi connectivity index (χ3n) is 5.21. The zero-order valence-corrected chi connectivity index (χ0v) is 18.6. The molecular weight excluding hydrogens is 398 g/mol. The second-order valence-corrected chi connectivity index (χ2v) is 7.97. The number of hydrogen-bond acceptors (Lipinski definition) is 4. The normalized spacial score (nSPS) is 11.1. The Balaban J connectivity index is 1.87. The zero-order chi connectivity index (χ0) is 21.8. The van der Waals surface area contributed by atoms with Crippen LogP contribution in [0.5, 0.6) is 0 Å². The van der Waals surface area contributed by atoms with Gasteiger partial charge in [0.2, 0.25) is 0 Å². The van der Waals surface area contributed by atoms with Crippen molar-refractivity contribution >= 4 is 29.0 Å². The van der Waals surface area contributed by atoms with Crippen LogP contribution in [0.2, 0.25) is 0 Å². The maximum atomic E-state index is 13.0. The van der Waals surface area contributed by atoms with Gasteiger partial charge in [0, 0.05) is 39.4 Å². The first-order valence-electron chi connectivity index (χ1n) is 9.89. The van der Waals surface area contributed by atoms with Gasteiger partial charge in [-0.3, -0.25) is 14.2 Å². The van der Waals surface area contributed by atoms with E-state index in [1.807, 2.05) is 0 Å². The van der Waals surface area contributed by atoms with E-state index in [1.54, 1.807) is 37.3 Å². The van der Waals surface area contributed by atoms with Crippen LogP contribution in [-0.4, -0.2) is 41.1 Å². The average molecular weight is 426 g/mol. The monoisotopic (exact) mass is 425 g/mol. The van der Waals surface area contributed by atoms with Gasteiger partial charge in [0.25, 0.3) is 11.5 Å². The lowest BCUT2D eigenvalue weighted by atomic mass is 10.0. The summed E-state index contributed by atoms with van der Waals surface area (Å²) in [6.45, 7) is 5.65. The van der Waals surface area contributed by atoms with Crippen molar-refractivity contribution in [3.63, 3.8) is 0 Å². The Bertz CT molecular complexity index is 1200. The van der Waals surface area contributed by atoms with Crippen LogP contribution in [0.4, 0.5) is 0 Å². The number of nitrogens with one attached hydrogen (secondary N) is 1. The van der Waals surface area contributed by atoms with E-state index in [0.29, 0.717) is 47.4 Å². The first-order chi connectivity index (χ1) is 14.3. The zero-order valence-electron chi connectivity index (χ0n) is 17.8. The van der Waals surface area contributed by atoms with Gasteiger partial charge in [0.1, 0.15) is 0 Å². The van der Waals surface area contributed by atoms with E-state index in [9.17, 15) is 9.59 Å². The highest BCUT2D eigenvalue weighted by atomic mass is 32.1. The number of nitrogens with zero attached hydrogens (tertiary/aromatic N) is 2. The Labute approximate surface area is 181 Å². The maximum absolute atomic E-state index is 13.0. The number of aryl methyl sites for hydroxylation is 2. The van der Waals surface area contributed by atoms with Gasteiger partial charge in [-0.1, -0.05) is 23.8 Å². The van der Waals surface area contributed by atoms with Crippen LogP contribution in [0.3, 0.4) is 0 Å². The highest BCUT2D eigenvalue weighted by Gasteiger charge is 2.15. The maximum Gasteiger partial charge on any atom is 0.262 e. The van der Waals surface area contributed by atoms with Crippen LogP contribution in [0.1, 0.15) is 33.5 Å². The Morgan fingerprint density at radius 3 is 2.67 bits per heavy atom. The molecule has 0 atom stereocenters. The molecule has 3 rings (SSSR count). The molecule has 1 aromatic heterocycles. The van der Waals surface area contributed by atoms with Crippen molar-refractivity contribution in [2.24, 2.45) is 0 Å². The molecule has 3 aromatic rings. The molecule has 158 valence electrons. The Hall–Kier alpha value is -2.77. The van der Waals surface area contributed by atoms with Crippen LogP contribution < -0.4 is 5.56 Å². The number of aromatic amines is 1. The summed E-state index contributed by atoms with van der Waals surface area (Å²) in [7, 11) is 3.40. The Kier molecular flexibility index (Phi) is 6.84. The van der Waals surface area contributed by atoms with Gasteiger partial charge in [-0.25, -0.2) is 0 Å². The second kappa shape index (κ2) is 9.36. The average Bonchev–Trinajstić information content (AvgIpc) is 2.71. The summed E-state index contributed by atoms with van der Waals surface area (Å²) in [6.07, 6.45) is 0.694. The number of hydrogen-bond donors (Lipinski definition) is 1. The van der Waals surface area contributed by atoms with E-state index < -0.39 is 0 Å². The smallest absolute Gasteiger partial charge is 0.262 e. The van der Waals surface area contributed by atoms with E-state index in [2.05, 4.69) is 37.0 Å². The Morgan fingerprint density at radius 1 is 1.20 bits per heavy atom. The largest absolute Gasteiger partial charge is 0.385 e. The molecule has 1 heterocycles. The summed E-state index contributed by atoms with van der Waals surface area (Å²) in [5.41, 5.74) is 4.38. The topological polar surface area (TPSA) is 67.3 Å². The number of benzene rings is 2. The van der Waals surface area contributed by atoms with Crippen molar-refractivity contribution in [3.8, 4) is 0 Å². The van der Waals surface area contributed by atoms with E-state index in [4.69, 9.17) is 17.0 Å². The number of fused-ring (bicyclic) bond motifs is 1. The summed E-state index contributed by atoms with van der Waals surface area (Å²) in [5, 5.41) is 0.509. The van der Waals surface area contributed by atoms with Crippen molar-refractivity contribution in [2.45, 2.75) is 33.4 Å². The highest BCUT2D eigenvalue weighted by molar-refractivity contribution is 7.71. The lowest BCUT2D eigenvalue weighted by molar-refractivity contribution is 0.0785. The first-order valence-corrected chi connectivity index (χ1v) is 10.3. The molecule has 6 nitrogen and oxygen atoms in total. The van der Waals surface area contributed by atoms with Gasteiger partial charge < -0.3 is 14.6 Å². The minimum Gasteiger partial charge on any atom is -0.385 e. The van der Waals surface area contributed by atoms with Crippen molar-refractivity contribution in [2.75, 3.05) is 20.8 Å². The molecule has 0 spiro atoms. The SMILES string of the molecule is COCCCn1c(=S)[nH]c2cc(C(=O)N(C)Cc3ccc(C)cc3C)ccc2c1=O. The van der Waals surface area contributed by atoms with Crippen molar-refractivity contribution in [3.05, 3.63) is 73.8 Å². The van der Waals surface area contributed by atoms with Gasteiger partial charge in [0.05, 0.1) is 10.9 Å². The molecule has 30 heavy (non-hydrogen) atoms. The fourth-order valence-electron chi connectivity index (χ4n) is 3.53. The number of methoxy groups -OCH3 is 1.